The van der Waals surface area contributed by atoms with E-state index in [-0.39, 0.29) is 0 Å². The highest BCUT2D eigenvalue weighted by Gasteiger charge is 2.12. The standard InChI is InChI=1S/C10H8BrNO2/c1-12-8-4-2-3-7(11)6(8)5-9(12)10(13)14/h2-5H,1H3,(H,13,14). The zero-order valence-electron chi connectivity index (χ0n) is 7.49. The van der Waals surface area contributed by atoms with Crippen molar-refractivity contribution in [3.8, 4) is 0 Å². The molecular formula is C10H8BrNO2. The van der Waals surface area contributed by atoms with Gasteiger partial charge in [0.05, 0.1) is 0 Å². The van der Waals surface area contributed by atoms with E-state index < -0.39 is 5.97 Å². The summed E-state index contributed by atoms with van der Waals surface area (Å²) in [6, 6.07) is 7.35. The fourth-order valence-corrected chi connectivity index (χ4v) is 2.00. The SMILES string of the molecule is Cn1c(C(=O)O)cc2c(Br)cccc21. The third-order valence-electron chi connectivity index (χ3n) is 2.25. The maximum Gasteiger partial charge on any atom is 0.352 e. The lowest BCUT2D eigenvalue weighted by Crippen LogP contribution is -2.03. The lowest BCUT2D eigenvalue weighted by atomic mass is 10.2. The van der Waals surface area contributed by atoms with E-state index >= 15 is 0 Å². The number of carboxylic acid groups (broad SMARTS) is 1. The number of aryl methyl sites for hydroxylation is 1. The number of halogens is 1. The normalized spacial score (nSPS) is 10.7. The van der Waals surface area contributed by atoms with Gasteiger partial charge >= 0.3 is 5.97 Å². The Labute approximate surface area is 89.1 Å². The molecule has 1 aromatic carbocycles. The van der Waals surface area contributed by atoms with Gasteiger partial charge in [-0.2, -0.15) is 0 Å². The molecule has 0 atom stereocenters. The largest absolute Gasteiger partial charge is 0.477 e. The van der Waals surface area contributed by atoms with Gasteiger partial charge in [0, 0.05) is 22.4 Å². The van der Waals surface area contributed by atoms with Gasteiger partial charge in [0.2, 0.25) is 0 Å². The fraction of sp³-hybridized carbons (Fsp3) is 0.100. The molecular weight excluding hydrogens is 246 g/mol. The average Bonchev–Trinajstić information content (AvgIpc) is 2.46. The summed E-state index contributed by atoms with van der Waals surface area (Å²) in [5.41, 5.74) is 1.21. The molecule has 1 heterocycles. The van der Waals surface area contributed by atoms with Gasteiger partial charge in [-0.15, -0.1) is 0 Å². The molecule has 0 aliphatic rings. The van der Waals surface area contributed by atoms with Crippen LogP contribution in [0.4, 0.5) is 0 Å². The van der Waals surface area contributed by atoms with Gasteiger partial charge in [0.25, 0.3) is 0 Å². The second-order valence-corrected chi connectivity index (χ2v) is 3.92. The van der Waals surface area contributed by atoms with Gasteiger partial charge in [0.1, 0.15) is 5.69 Å². The zero-order chi connectivity index (χ0) is 10.3. The van der Waals surface area contributed by atoms with Crippen LogP contribution in [0.2, 0.25) is 0 Å². The number of aromatic carboxylic acids is 1. The number of carbonyl (C=O) groups is 1. The van der Waals surface area contributed by atoms with E-state index in [9.17, 15) is 4.79 Å². The van der Waals surface area contributed by atoms with Crippen LogP contribution >= 0.6 is 15.9 Å². The fourth-order valence-electron chi connectivity index (χ4n) is 1.53. The lowest BCUT2D eigenvalue weighted by molar-refractivity contribution is 0.0687. The molecule has 72 valence electrons. The third-order valence-corrected chi connectivity index (χ3v) is 2.94. The molecule has 4 heteroatoms. The molecule has 0 radical (unpaired) electrons. The van der Waals surface area contributed by atoms with Crippen molar-refractivity contribution in [1.82, 2.24) is 4.57 Å². The lowest BCUT2D eigenvalue weighted by Gasteiger charge is -1.98. The Balaban J connectivity index is 2.86. The van der Waals surface area contributed by atoms with Crippen LogP contribution in [0.25, 0.3) is 10.9 Å². The van der Waals surface area contributed by atoms with Crippen LogP contribution < -0.4 is 0 Å². The summed E-state index contributed by atoms with van der Waals surface area (Å²) >= 11 is 3.39. The Morgan fingerprint density at radius 2 is 2.21 bits per heavy atom. The van der Waals surface area contributed by atoms with Crippen molar-refractivity contribution >= 4 is 32.8 Å². The molecule has 0 saturated heterocycles. The summed E-state index contributed by atoms with van der Waals surface area (Å²) in [7, 11) is 1.75. The van der Waals surface area contributed by atoms with Crippen molar-refractivity contribution < 1.29 is 9.90 Å². The predicted molar refractivity (Wildman–Crippen MR) is 57.6 cm³/mol. The monoisotopic (exact) mass is 253 g/mol. The molecule has 3 nitrogen and oxygen atoms in total. The van der Waals surface area contributed by atoms with Crippen LogP contribution in [-0.2, 0) is 7.05 Å². The number of fused-ring (bicyclic) bond motifs is 1. The first-order chi connectivity index (χ1) is 6.61. The first-order valence-corrected chi connectivity index (χ1v) is 4.88. The number of carboxylic acids is 1. The second-order valence-electron chi connectivity index (χ2n) is 3.07. The maximum absolute atomic E-state index is 10.9. The van der Waals surface area contributed by atoms with E-state index in [1.807, 2.05) is 18.2 Å². The van der Waals surface area contributed by atoms with Crippen LogP contribution in [0.15, 0.2) is 28.7 Å². The minimum atomic E-state index is -0.907. The molecule has 0 fully saturated rings. The molecule has 0 aliphatic heterocycles. The zero-order valence-corrected chi connectivity index (χ0v) is 9.08. The first kappa shape index (κ1) is 9.27. The molecule has 0 saturated carbocycles. The van der Waals surface area contributed by atoms with Crippen molar-refractivity contribution in [2.75, 3.05) is 0 Å². The summed E-state index contributed by atoms with van der Waals surface area (Å²) in [5, 5.41) is 9.84. The highest BCUT2D eigenvalue weighted by atomic mass is 79.9. The van der Waals surface area contributed by atoms with Gasteiger partial charge in [-0.25, -0.2) is 4.79 Å². The Hall–Kier alpha value is -1.29. The average molecular weight is 254 g/mol. The predicted octanol–water partition coefficient (Wildman–Crippen LogP) is 2.64. The van der Waals surface area contributed by atoms with Crippen molar-refractivity contribution in [1.29, 1.82) is 0 Å². The van der Waals surface area contributed by atoms with Gasteiger partial charge in [0.15, 0.2) is 0 Å². The van der Waals surface area contributed by atoms with Gasteiger partial charge < -0.3 is 9.67 Å². The minimum Gasteiger partial charge on any atom is -0.477 e. The smallest absolute Gasteiger partial charge is 0.352 e. The summed E-state index contributed by atoms with van der Waals surface area (Å²) in [6.07, 6.45) is 0. The Kier molecular flexibility index (Phi) is 2.07. The number of hydrogen-bond donors (Lipinski definition) is 1. The molecule has 1 aromatic heterocycles. The van der Waals surface area contributed by atoms with E-state index in [1.165, 1.54) is 0 Å². The van der Waals surface area contributed by atoms with Crippen LogP contribution in [0.1, 0.15) is 10.5 Å². The quantitative estimate of drug-likeness (QED) is 0.849. The van der Waals surface area contributed by atoms with Crippen LogP contribution in [0.5, 0.6) is 0 Å². The highest BCUT2D eigenvalue weighted by molar-refractivity contribution is 9.10. The number of nitrogens with zero attached hydrogens (tertiary/aromatic N) is 1. The molecule has 14 heavy (non-hydrogen) atoms. The number of benzene rings is 1. The molecule has 0 amide bonds. The molecule has 0 spiro atoms. The van der Waals surface area contributed by atoms with Crippen molar-refractivity contribution in [2.24, 2.45) is 7.05 Å². The van der Waals surface area contributed by atoms with E-state index in [1.54, 1.807) is 17.7 Å². The first-order valence-electron chi connectivity index (χ1n) is 4.08. The van der Waals surface area contributed by atoms with Gasteiger partial charge in [-0.3, -0.25) is 0 Å². The summed E-state index contributed by atoms with van der Waals surface area (Å²) in [4.78, 5) is 10.9. The van der Waals surface area contributed by atoms with Crippen molar-refractivity contribution in [3.05, 3.63) is 34.4 Å². The number of hydrogen-bond acceptors (Lipinski definition) is 1. The molecule has 2 rings (SSSR count). The van der Waals surface area contributed by atoms with Crippen molar-refractivity contribution in [3.63, 3.8) is 0 Å². The minimum absolute atomic E-state index is 0.298. The third kappa shape index (κ3) is 1.23. The van der Waals surface area contributed by atoms with Crippen LogP contribution in [0.3, 0.4) is 0 Å². The summed E-state index contributed by atoms with van der Waals surface area (Å²) in [6.45, 7) is 0. The van der Waals surface area contributed by atoms with Crippen LogP contribution in [0, 0.1) is 0 Å². The summed E-state index contributed by atoms with van der Waals surface area (Å²) < 4.78 is 2.58. The Bertz CT molecular complexity index is 516. The maximum atomic E-state index is 10.9. The number of aromatic nitrogens is 1. The van der Waals surface area contributed by atoms with E-state index in [0.717, 1.165) is 15.4 Å². The van der Waals surface area contributed by atoms with E-state index in [4.69, 9.17) is 5.11 Å². The Morgan fingerprint density at radius 3 is 2.79 bits per heavy atom. The van der Waals surface area contributed by atoms with Gasteiger partial charge in [-0.05, 0) is 18.2 Å². The second kappa shape index (κ2) is 3.13. The van der Waals surface area contributed by atoms with E-state index in [2.05, 4.69) is 15.9 Å². The summed E-state index contributed by atoms with van der Waals surface area (Å²) in [5.74, 6) is -0.907. The molecule has 2 aromatic rings. The molecule has 0 aliphatic carbocycles. The van der Waals surface area contributed by atoms with Crippen molar-refractivity contribution in [2.45, 2.75) is 0 Å². The van der Waals surface area contributed by atoms with E-state index in [0.29, 0.717) is 5.69 Å². The molecule has 0 unspecified atom stereocenters. The highest BCUT2D eigenvalue weighted by Crippen LogP contribution is 2.26. The van der Waals surface area contributed by atoms with Crippen LogP contribution in [-0.4, -0.2) is 15.6 Å². The molecule has 0 bridgehead atoms. The topological polar surface area (TPSA) is 42.2 Å². The Morgan fingerprint density at radius 1 is 1.50 bits per heavy atom. The van der Waals surface area contributed by atoms with Gasteiger partial charge in [-0.1, -0.05) is 22.0 Å². The molecule has 1 N–H and O–H groups in total. The number of rotatable bonds is 1.